The summed E-state index contributed by atoms with van der Waals surface area (Å²) in [7, 11) is 1.79. The largest absolute Gasteiger partial charge is 0.385 e. The maximum Gasteiger partial charge on any atom is 0.0464 e. The Balaban J connectivity index is 2.24. The van der Waals surface area contributed by atoms with E-state index in [0.717, 1.165) is 23.3 Å². The topological polar surface area (TPSA) is 9.23 Å². The molecule has 1 nitrogen and oxygen atoms in total. The van der Waals surface area contributed by atoms with E-state index in [1.54, 1.807) is 7.11 Å². The molecule has 78 valence electrons. The molecule has 0 saturated heterocycles. The van der Waals surface area contributed by atoms with Crippen LogP contribution in [-0.4, -0.2) is 18.5 Å². The molecular weight excluding hydrogens is 228 g/mol. The van der Waals surface area contributed by atoms with Crippen LogP contribution in [0.2, 0.25) is 0 Å². The number of ether oxygens (including phenoxy) is 1. The number of rotatable bonds is 4. The molecule has 3 atom stereocenters. The minimum atomic E-state index is 0.774. The molecule has 0 aromatic rings. The molecule has 0 N–H and O–H groups in total. The lowest BCUT2D eigenvalue weighted by Crippen LogP contribution is -2.22. The van der Waals surface area contributed by atoms with Crippen LogP contribution in [0.4, 0.5) is 0 Å². The quantitative estimate of drug-likeness (QED) is 0.691. The summed E-state index contributed by atoms with van der Waals surface area (Å²) in [6.07, 6.45) is 6.78. The summed E-state index contributed by atoms with van der Waals surface area (Å²) in [5.74, 6) is 1.76. The van der Waals surface area contributed by atoms with Crippen molar-refractivity contribution >= 4 is 15.9 Å². The van der Waals surface area contributed by atoms with Crippen LogP contribution in [0.25, 0.3) is 0 Å². The summed E-state index contributed by atoms with van der Waals surface area (Å²) < 4.78 is 5.12. The lowest BCUT2D eigenvalue weighted by atomic mass is 9.79. The van der Waals surface area contributed by atoms with Gasteiger partial charge in [0.05, 0.1) is 0 Å². The smallest absolute Gasteiger partial charge is 0.0464 e. The van der Waals surface area contributed by atoms with Crippen molar-refractivity contribution in [3.8, 4) is 0 Å². The van der Waals surface area contributed by atoms with E-state index in [9.17, 15) is 0 Å². The molecular formula is C11H21BrO. The standard InChI is InChI=1S/C11H21BrO/c1-9(6-7-13-2)10-4-3-5-11(12)8-10/h9-11H,3-8H2,1-2H3. The number of halogens is 1. The van der Waals surface area contributed by atoms with Crippen LogP contribution in [0.1, 0.15) is 39.0 Å². The summed E-state index contributed by atoms with van der Waals surface area (Å²) in [5.41, 5.74) is 0. The molecule has 0 aromatic carbocycles. The Bertz CT molecular complexity index is 138. The van der Waals surface area contributed by atoms with Gasteiger partial charge in [0.2, 0.25) is 0 Å². The van der Waals surface area contributed by atoms with Gasteiger partial charge in [-0.25, -0.2) is 0 Å². The Morgan fingerprint density at radius 2 is 2.23 bits per heavy atom. The molecule has 1 rings (SSSR count). The first-order chi connectivity index (χ1) is 6.24. The molecule has 0 bridgehead atoms. The zero-order valence-electron chi connectivity index (χ0n) is 8.76. The third-order valence-electron chi connectivity index (χ3n) is 3.23. The van der Waals surface area contributed by atoms with E-state index in [2.05, 4.69) is 22.9 Å². The molecule has 2 heteroatoms. The third-order valence-corrected chi connectivity index (χ3v) is 4.06. The highest BCUT2D eigenvalue weighted by Crippen LogP contribution is 2.34. The molecule has 0 spiro atoms. The van der Waals surface area contributed by atoms with E-state index in [1.807, 2.05) is 0 Å². The second-order valence-electron chi connectivity index (χ2n) is 4.28. The predicted octanol–water partition coefficient (Wildman–Crippen LogP) is 3.61. The molecule has 0 amide bonds. The van der Waals surface area contributed by atoms with Gasteiger partial charge in [-0.2, -0.15) is 0 Å². The lowest BCUT2D eigenvalue weighted by molar-refractivity contribution is 0.154. The van der Waals surface area contributed by atoms with Gasteiger partial charge in [-0.15, -0.1) is 0 Å². The minimum Gasteiger partial charge on any atom is -0.385 e. The summed E-state index contributed by atoms with van der Waals surface area (Å²) in [6.45, 7) is 3.29. The van der Waals surface area contributed by atoms with Crippen LogP contribution in [0.5, 0.6) is 0 Å². The molecule has 3 unspecified atom stereocenters. The van der Waals surface area contributed by atoms with Crippen LogP contribution in [-0.2, 0) is 4.74 Å². The molecule has 0 aromatic heterocycles. The maximum absolute atomic E-state index is 5.12. The number of methoxy groups -OCH3 is 1. The van der Waals surface area contributed by atoms with Crippen LogP contribution < -0.4 is 0 Å². The lowest BCUT2D eigenvalue weighted by Gasteiger charge is -2.30. The fraction of sp³-hybridized carbons (Fsp3) is 1.00. The number of hydrogen-bond acceptors (Lipinski definition) is 1. The summed E-state index contributed by atoms with van der Waals surface area (Å²) in [4.78, 5) is 0.774. The van der Waals surface area contributed by atoms with Crippen molar-refractivity contribution < 1.29 is 4.74 Å². The predicted molar refractivity (Wildman–Crippen MR) is 60.3 cm³/mol. The van der Waals surface area contributed by atoms with Crippen molar-refractivity contribution in [2.24, 2.45) is 11.8 Å². The number of alkyl halides is 1. The van der Waals surface area contributed by atoms with Crippen LogP contribution in [0, 0.1) is 11.8 Å². The van der Waals surface area contributed by atoms with Crippen LogP contribution in [0.3, 0.4) is 0 Å². The molecule has 1 fully saturated rings. The van der Waals surface area contributed by atoms with Crippen molar-refractivity contribution in [1.29, 1.82) is 0 Å². The normalized spacial score (nSPS) is 31.6. The van der Waals surface area contributed by atoms with Gasteiger partial charge in [0.25, 0.3) is 0 Å². The van der Waals surface area contributed by atoms with Gasteiger partial charge in [-0.3, -0.25) is 0 Å². The highest BCUT2D eigenvalue weighted by molar-refractivity contribution is 9.09. The minimum absolute atomic E-state index is 0.774. The van der Waals surface area contributed by atoms with Crippen molar-refractivity contribution in [3.63, 3.8) is 0 Å². The summed E-state index contributed by atoms with van der Waals surface area (Å²) in [5, 5.41) is 0. The van der Waals surface area contributed by atoms with Gasteiger partial charge in [-0.05, 0) is 31.1 Å². The highest BCUT2D eigenvalue weighted by Gasteiger charge is 2.24. The zero-order chi connectivity index (χ0) is 9.68. The molecule has 13 heavy (non-hydrogen) atoms. The third kappa shape index (κ3) is 3.99. The van der Waals surface area contributed by atoms with Crippen molar-refractivity contribution in [3.05, 3.63) is 0 Å². The Labute approximate surface area is 90.4 Å². The van der Waals surface area contributed by atoms with Gasteiger partial charge < -0.3 is 4.74 Å². The fourth-order valence-electron chi connectivity index (χ4n) is 2.22. The van der Waals surface area contributed by atoms with E-state index in [0.29, 0.717) is 0 Å². The van der Waals surface area contributed by atoms with Crippen LogP contribution in [0.15, 0.2) is 0 Å². The Morgan fingerprint density at radius 3 is 2.85 bits per heavy atom. The average Bonchev–Trinajstić information content (AvgIpc) is 2.14. The van der Waals surface area contributed by atoms with Crippen molar-refractivity contribution in [1.82, 2.24) is 0 Å². The first-order valence-corrected chi connectivity index (χ1v) is 6.28. The van der Waals surface area contributed by atoms with E-state index >= 15 is 0 Å². The van der Waals surface area contributed by atoms with E-state index in [4.69, 9.17) is 4.74 Å². The molecule has 0 aliphatic heterocycles. The maximum atomic E-state index is 5.12. The first-order valence-electron chi connectivity index (χ1n) is 5.37. The number of hydrogen-bond donors (Lipinski definition) is 0. The van der Waals surface area contributed by atoms with Gasteiger partial charge >= 0.3 is 0 Å². The van der Waals surface area contributed by atoms with Gasteiger partial charge in [-0.1, -0.05) is 35.7 Å². The zero-order valence-corrected chi connectivity index (χ0v) is 10.3. The SMILES string of the molecule is COCCC(C)C1CCCC(Br)C1. The Hall–Kier alpha value is 0.440. The highest BCUT2D eigenvalue weighted by atomic mass is 79.9. The molecule has 1 aliphatic carbocycles. The van der Waals surface area contributed by atoms with Crippen molar-refractivity contribution in [2.75, 3.05) is 13.7 Å². The molecule has 0 heterocycles. The van der Waals surface area contributed by atoms with Gasteiger partial charge in [0.1, 0.15) is 0 Å². The second-order valence-corrected chi connectivity index (χ2v) is 5.58. The Morgan fingerprint density at radius 1 is 1.46 bits per heavy atom. The monoisotopic (exact) mass is 248 g/mol. The first kappa shape index (κ1) is 11.5. The van der Waals surface area contributed by atoms with Crippen molar-refractivity contribution in [2.45, 2.75) is 43.9 Å². The fourth-order valence-corrected chi connectivity index (χ4v) is 3.03. The molecule has 0 radical (unpaired) electrons. The summed E-state index contributed by atoms with van der Waals surface area (Å²) >= 11 is 3.73. The molecule has 1 aliphatic rings. The molecule has 1 saturated carbocycles. The van der Waals surface area contributed by atoms with E-state index in [-0.39, 0.29) is 0 Å². The van der Waals surface area contributed by atoms with E-state index < -0.39 is 0 Å². The van der Waals surface area contributed by atoms with Gasteiger partial charge in [0, 0.05) is 18.5 Å². The van der Waals surface area contributed by atoms with Crippen LogP contribution >= 0.6 is 15.9 Å². The average molecular weight is 249 g/mol. The summed E-state index contributed by atoms with van der Waals surface area (Å²) in [6, 6.07) is 0. The Kier molecular flexibility index (Phi) is 5.34. The van der Waals surface area contributed by atoms with E-state index in [1.165, 1.54) is 32.1 Å². The second kappa shape index (κ2) is 6.02. The van der Waals surface area contributed by atoms with Gasteiger partial charge in [0.15, 0.2) is 0 Å².